The van der Waals surface area contributed by atoms with Crippen molar-refractivity contribution in [3.63, 3.8) is 0 Å². The predicted molar refractivity (Wildman–Crippen MR) is 81.1 cm³/mol. The molecule has 0 radical (unpaired) electrons. The fraction of sp³-hybridized carbons (Fsp3) is 0.500. The van der Waals surface area contributed by atoms with Gasteiger partial charge in [0, 0.05) is 24.2 Å². The summed E-state index contributed by atoms with van der Waals surface area (Å²) in [7, 11) is 1.23. The van der Waals surface area contributed by atoms with Gasteiger partial charge >= 0.3 is 5.97 Å². The minimum atomic E-state index is -1.15. The molecule has 1 saturated heterocycles. The van der Waals surface area contributed by atoms with E-state index in [2.05, 4.69) is 4.74 Å². The predicted octanol–water partition coefficient (Wildman–Crippen LogP) is 2.00. The zero-order chi connectivity index (χ0) is 16.3. The maximum atomic E-state index is 11.4. The van der Waals surface area contributed by atoms with Gasteiger partial charge in [-0.25, -0.2) is 4.79 Å². The lowest BCUT2D eigenvalue weighted by atomic mass is 9.91. The zero-order valence-corrected chi connectivity index (χ0v) is 12.8. The fourth-order valence-electron chi connectivity index (χ4n) is 2.68. The number of halogens is 1. The van der Waals surface area contributed by atoms with E-state index in [0.717, 1.165) is 0 Å². The minimum Gasteiger partial charge on any atom is -0.467 e. The molecule has 7 nitrogen and oxygen atoms in total. The summed E-state index contributed by atoms with van der Waals surface area (Å²) < 4.78 is 4.53. The van der Waals surface area contributed by atoms with Crippen molar-refractivity contribution in [3.05, 3.63) is 33.3 Å². The smallest absolute Gasteiger partial charge is 0.334 e. The van der Waals surface area contributed by atoms with Gasteiger partial charge < -0.3 is 14.7 Å². The van der Waals surface area contributed by atoms with E-state index in [1.807, 2.05) is 4.90 Å². The molecule has 1 N–H and O–H groups in total. The number of nitro groups is 1. The molecule has 1 aromatic carbocycles. The maximum absolute atomic E-state index is 11.4. The van der Waals surface area contributed by atoms with Crippen molar-refractivity contribution in [1.29, 1.82) is 0 Å². The summed E-state index contributed by atoms with van der Waals surface area (Å²) in [5, 5.41) is 21.3. The Hall–Kier alpha value is -1.86. The molecule has 1 aliphatic rings. The van der Waals surface area contributed by atoms with Crippen molar-refractivity contribution in [1.82, 2.24) is 0 Å². The van der Waals surface area contributed by atoms with E-state index < -0.39 is 17.0 Å². The lowest BCUT2D eigenvalue weighted by molar-refractivity contribution is -0.384. The number of nitrogens with zero attached hydrogens (tertiary/aromatic N) is 2. The van der Waals surface area contributed by atoms with Gasteiger partial charge in [-0.15, -0.1) is 0 Å². The number of ether oxygens (including phenoxy) is 1. The van der Waals surface area contributed by atoms with Gasteiger partial charge in [-0.2, -0.15) is 0 Å². The summed E-state index contributed by atoms with van der Waals surface area (Å²) in [5.41, 5.74) is 0.458. The summed E-state index contributed by atoms with van der Waals surface area (Å²) >= 11 is 5.81. The molecule has 120 valence electrons. The number of carbonyl (C=O) groups is 1. The number of benzene rings is 1. The largest absolute Gasteiger partial charge is 0.467 e. The minimum absolute atomic E-state index is 0.0422. The van der Waals surface area contributed by atoms with Crippen LogP contribution in [0.5, 0.6) is 0 Å². The van der Waals surface area contributed by atoms with Crippen molar-refractivity contribution in [2.75, 3.05) is 25.1 Å². The number of hydrogen-bond donors (Lipinski definition) is 1. The Kier molecular flexibility index (Phi) is 5.20. The molecule has 0 aromatic heterocycles. The monoisotopic (exact) mass is 328 g/mol. The van der Waals surface area contributed by atoms with Crippen LogP contribution in [0.25, 0.3) is 0 Å². The van der Waals surface area contributed by atoms with Crippen LogP contribution in [0.15, 0.2) is 18.2 Å². The quantitative estimate of drug-likeness (QED) is 0.516. The Bertz CT molecular complexity index is 572. The molecule has 1 aromatic rings. The number of methoxy groups -OCH3 is 1. The first kappa shape index (κ1) is 16.5. The van der Waals surface area contributed by atoms with Gasteiger partial charge in [0.25, 0.3) is 5.69 Å². The van der Waals surface area contributed by atoms with Gasteiger partial charge in [0.05, 0.1) is 12.0 Å². The molecule has 0 aliphatic carbocycles. The van der Waals surface area contributed by atoms with Crippen LogP contribution < -0.4 is 4.90 Å². The van der Waals surface area contributed by atoms with Crippen LogP contribution in [-0.4, -0.2) is 42.3 Å². The van der Waals surface area contributed by atoms with Gasteiger partial charge in [-0.05, 0) is 30.9 Å². The zero-order valence-electron chi connectivity index (χ0n) is 12.1. The van der Waals surface area contributed by atoms with E-state index in [-0.39, 0.29) is 11.6 Å². The molecule has 1 unspecified atom stereocenters. The molecular formula is C14H17ClN2O5. The van der Waals surface area contributed by atoms with Gasteiger partial charge in [-0.3, -0.25) is 10.1 Å². The van der Waals surface area contributed by atoms with E-state index in [9.17, 15) is 20.0 Å². The van der Waals surface area contributed by atoms with Gasteiger partial charge in [0.1, 0.15) is 5.69 Å². The van der Waals surface area contributed by atoms with E-state index in [1.165, 1.54) is 13.2 Å². The highest BCUT2D eigenvalue weighted by atomic mass is 35.5. The molecule has 1 aliphatic heterocycles. The van der Waals surface area contributed by atoms with Gasteiger partial charge in [0.2, 0.25) is 0 Å². The third-order valence-electron chi connectivity index (χ3n) is 3.90. The summed E-state index contributed by atoms with van der Waals surface area (Å²) in [6.07, 6.45) is -0.0427. The Labute approximate surface area is 132 Å². The number of carbonyl (C=O) groups excluding carboxylic acids is 1. The fourth-order valence-corrected chi connectivity index (χ4v) is 2.85. The number of rotatable bonds is 4. The Morgan fingerprint density at radius 1 is 1.50 bits per heavy atom. The van der Waals surface area contributed by atoms with Crippen LogP contribution in [-0.2, 0) is 9.53 Å². The number of aliphatic hydroxyl groups is 1. The lowest BCUT2D eigenvalue weighted by Gasteiger charge is -2.34. The first-order valence-corrected chi connectivity index (χ1v) is 7.26. The van der Waals surface area contributed by atoms with E-state index in [4.69, 9.17) is 11.6 Å². The van der Waals surface area contributed by atoms with Crippen molar-refractivity contribution in [3.8, 4) is 0 Å². The summed E-state index contributed by atoms with van der Waals surface area (Å²) in [5.74, 6) is -0.842. The SMILES string of the molecule is COC(=O)C(O)C1CCN(c2ccc(Cl)cc2[N+](=O)[O-])CC1. The third-order valence-corrected chi connectivity index (χ3v) is 4.14. The maximum Gasteiger partial charge on any atom is 0.334 e. The number of esters is 1. The van der Waals surface area contributed by atoms with Crippen molar-refractivity contribution >= 4 is 28.9 Å². The Morgan fingerprint density at radius 3 is 2.68 bits per heavy atom. The number of piperidine rings is 1. The molecule has 0 spiro atoms. The molecular weight excluding hydrogens is 312 g/mol. The molecule has 0 bridgehead atoms. The molecule has 8 heteroatoms. The summed E-state index contributed by atoms with van der Waals surface area (Å²) in [6, 6.07) is 4.56. The van der Waals surface area contributed by atoms with Crippen LogP contribution in [0.1, 0.15) is 12.8 Å². The van der Waals surface area contributed by atoms with Gasteiger partial charge in [0.15, 0.2) is 6.10 Å². The highest BCUT2D eigenvalue weighted by Gasteiger charge is 2.32. The van der Waals surface area contributed by atoms with E-state index in [1.54, 1.807) is 12.1 Å². The van der Waals surface area contributed by atoms with E-state index in [0.29, 0.717) is 36.6 Å². The standard InChI is InChI=1S/C14H17ClN2O5/c1-22-14(19)13(18)9-4-6-16(7-5-9)11-3-2-10(15)8-12(11)17(20)21/h2-3,8-9,13,18H,4-7H2,1H3. The molecule has 1 heterocycles. The first-order chi connectivity index (χ1) is 10.4. The lowest BCUT2D eigenvalue weighted by Crippen LogP contribution is -2.41. The topological polar surface area (TPSA) is 92.9 Å². The number of nitro benzene ring substituents is 1. The second-order valence-corrected chi connectivity index (χ2v) is 5.62. The molecule has 0 amide bonds. The Balaban J connectivity index is 2.09. The molecule has 0 saturated carbocycles. The van der Waals surface area contributed by atoms with Crippen molar-refractivity contribution in [2.45, 2.75) is 18.9 Å². The van der Waals surface area contributed by atoms with Crippen molar-refractivity contribution in [2.24, 2.45) is 5.92 Å². The van der Waals surface area contributed by atoms with Crippen LogP contribution >= 0.6 is 11.6 Å². The second-order valence-electron chi connectivity index (χ2n) is 5.18. The highest BCUT2D eigenvalue weighted by Crippen LogP contribution is 2.34. The third kappa shape index (κ3) is 3.48. The first-order valence-electron chi connectivity index (χ1n) is 6.89. The highest BCUT2D eigenvalue weighted by molar-refractivity contribution is 6.30. The summed E-state index contributed by atoms with van der Waals surface area (Å²) in [6.45, 7) is 1.03. The molecule has 1 fully saturated rings. The average Bonchev–Trinajstić information content (AvgIpc) is 2.53. The van der Waals surface area contributed by atoms with Gasteiger partial charge in [-0.1, -0.05) is 11.6 Å². The number of anilines is 1. The second kappa shape index (κ2) is 6.93. The molecule has 22 heavy (non-hydrogen) atoms. The van der Waals surface area contributed by atoms with Crippen LogP contribution in [0.3, 0.4) is 0 Å². The molecule has 2 rings (SSSR count). The number of hydrogen-bond acceptors (Lipinski definition) is 6. The normalized spacial score (nSPS) is 17.1. The average molecular weight is 329 g/mol. The number of aliphatic hydroxyl groups excluding tert-OH is 1. The molecule has 1 atom stereocenters. The van der Waals surface area contributed by atoms with Crippen LogP contribution in [0.4, 0.5) is 11.4 Å². The van der Waals surface area contributed by atoms with Crippen molar-refractivity contribution < 1.29 is 19.6 Å². The van der Waals surface area contributed by atoms with Crippen LogP contribution in [0.2, 0.25) is 5.02 Å². The van der Waals surface area contributed by atoms with E-state index >= 15 is 0 Å². The Morgan fingerprint density at radius 2 is 2.14 bits per heavy atom. The summed E-state index contributed by atoms with van der Waals surface area (Å²) in [4.78, 5) is 23.9. The van der Waals surface area contributed by atoms with Crippen LogP contribution in [0, 0.1) is 16.0 Å².